The van der Waals surface area contributed by atoms with Crippen molar-refractivity contribution in [1.82, 2.24) is 0 Å². The molecule has 0 aromatic carbocycles. The van der Waals surface area contributed by atoms with Gasteiger partial charge in [-0.3, -0.25) is 14.4 Å². The van der Waals surface area contributed by atoms with Gasteiger partial charge in [0.15, 0.2) is 0 Å². The molecular weight excluding hydrogens is 668 g/mol. The van der Waals surface area contributed by atoms with E-state index in [1.807, 2.05) is 0 Å². The second kappa shape index (κ2) is 34.7. The number of aliphatic hydroxyl groups is 3. The number of hydrogen-bond acceptors (Lipinski definition) is 8. The molecule has 1 saturated carbocycles. The average molecular weight is 751 g/mol. The highest BCUT2D eigenvalue weighted by Crippen LogP contribution is 2.34. The Hall–Kier alpha value is -1.77. The van der Waals surface area contributed by atoms with Crippen LogP contribution >= 0.6 is 0 Å². The normalized spacial score (nSPS) is 18.5. The van der Waals surface area contributed by atoms with E-state index in [0.717, 1.165) is 64.2 Å². The molecule has 1 aliphatic carbocycles. The van der Waals surface area contributed by atoms with E-state index < -0.39 is 18.3 Å². The zero-order chi connectivity index (χ0) is 38.8. The van der Waals surface area contributed by atoms with Crippen LogP contribution in [0.25, 0.3) is 0 Å². The molecule has 0 aromatic heterocycles. The number of aliphatic hydroxyl groups excluding tert-OH is 3. The summed E-state index contributed by atoms with van der Waals surface area (Å²) < 4.78 is 10.3. The van der Waals surface area contributed by atoms with Gasteiger partial charge in [-0.2, -0.15) is 0 Å². The quantitative estimate of drug-likeness (QED) is 0.0325. The van der Waals surface area contributed by atoms with Crippen LogP contribution in [0.4, 0.5) is 0 Å². The monoisotopic (exact) mass is 751 g/mol. The first kappa shape index (κ1) is 49.2. The van der Waals surface area contributed by atoms with Gasteiger partial charge in [0.1, 0.15) is 25.1 Å². The number of ether oxygens (including phenoxy) is 2. The molecule has 5 atom stereocenters. The summed E-state index contributed by atoms with van der Waals surface area (Å²) in [5.41, 5.74) is 0. The highest BCUT2D eigenvalue weighted by atomic mass is 16.6. The van der Waals surface area contributed by atoms with Gasteiger partial charge in [0.2, 0.25) is 0 Å². The molecule has 0 spiro atoms. The highest BCUT2D eigenvalue weighted by molar-refractivity contribution is 5.86. The van der Waals surface area contributed by atoms with Gasteiger partial charge in [-0.15, -0.1) is 0 Å². The summed E-state index contributed by atoms with van der Waals surface area (Å²) in [6.07, 6.45) is 34.6. The molecule has 8 heteroatoms. The van der Waals surface area contributed by atoms with Crippen molar-refractivity contribution in [1.29, 1.82) is 0 Å². The van der Waals surface area contributed by atoms with Crippen LogP contribution in [0.1, 0.15) is 213 Å². The maximum atomic E-state index is 12.4. The number of allylic oxidation sites excluding steroid dienone is 1. The first-order valence-corrected chi connectivity index (χ1v) is 22.3. The van der Waals surface area contributed by atoms with Crippen molar-refractivity contribution < 1.29 is 39.2 Å². The Morgan fingerprint density at radius 1 is 0.623 bits per heavy atom. The van der Waals surface area contributed by atoms with Gasteiger partial charge in [0.25, 0.3) is 0 Å². The van der Waals surface area contributed by atoms with Crippen LogP contribution in [0.5, 0.6) is 0 Å². The van der Waals surface area contributed by atoms with Crippen molar-refractivity contribution in [2.24, 2.45) is 11.8 Å². The lowest BCUT2D eigenvalue weighted by Gasteiger charge is -2.19. The van der Waals surface area contributed by atoms with Gasteiger partial charge in [0.05, 0.1) is 12.2 Å². The molecule has 0 radical (unpaired) electrons. The number of carbonyl (C=O) groups excluding carboxylic acids is 3. The van der Waals surface area contributed by atoms with E-state index in [2.05, 4.69) is 13.8 Å². The molecule has 53 heavy (non-hydrogen) atoms. The van der Waals surface area contributed by atoms with Crippen LogP contribution in [0, 0.1) is 11.8 Å². The molecule has 8 nitrogen and oxygen atoms in total. The lowest BCUT2D eigenvalue weighted by molar-refractivity contribution is -0.152. The molecule has 0 aromatic rings. The van der Waals surface area contributed by atoms with Crippen molar-refractivity contribution in [3.05, 3.63) is 12.2 Å². The van der Waals surface area contributed by atoms with E-state index in [-0.39, 0.29) is 55.6 Å². The molecular formula is C45H82O8. The standard InChI is InChI=1S/C45H82O8/c1-3-5-7-8-9-10-11-12-13-14-15-16-17-18-19-20-21-22-27-31-44(50)52-36-39(47)37-53-45(51)32-28-24-23-26-30-40-41(43(49)35-42(40)48)34-33-38(46)29-25-6-4-2/h33-34,38-42,46-48H,3-32,35-37H2,1-2H3/b34-33+/t38-,39-,40+,41+,42-/m0/s1. The zero-order valence-corrected chi connectivity index (χ0v) is 34.3. The summed E-state index contributed by atoms with van der Waals surface area (Å²) in [6, 6.07) is 0. The molecule has 310 valence electrons. The third kappa shape index (κ3) is 28.3. The van der Waals surface area contributed by atoms with Gasteiger partial charge in [-0.05, 0) is 31.6 Å². The van der Waals surface area contributed by atoms with Crippen LogP contribution in [0.3, 0.4) is 0 Å². The summed E-state index contributed by atoms with van der Waals surface area (Å²) >= 11 is 0. The Morgan fingerprint density at radius 3 is 1.47 bits per heavy atom. The van der Waals surface area contributed by atoms with Gasteiger partial charge in [0, 0.05) is 25.2 Å². The highest BCUT2D eigenvalue weighted by Gasteiger charge is 2.39. The number of Topliss-reactive ketones (excluding diaryl/α,β-unsaturated/α-hetero) is 1. The van der Waals surface area contributed by atoms with Crippen molar-refractivity contribution in [2.45, 2.75) is 231 Å². The van der Waals surface area contributed by atoms with Crippen molar-refractivity contribution in [3.63, 3.8) is 0 Å². The van der Waals surface area contributed by atoms with Crippen molar-refractivity contribution >= 4 is 17.7 Å². The van der Waals surface area contributed by atoms with E-state index in [4.69, 9.17) is 9.47 Å². The number of rotatable bonds is 37. The lowest BCUT2D eigenvalue weighted by atomic mass is 9.88. The fraction of sp³-hybridized carbons (Fsp3) is 0.889. The summed E-state index contributed by atoms with van der Waals surface area (Å²) in [4.78, 5) is 36.6. The third-order valence-corrected chi connectivity index (χ3v) is 10.9. The molecule has 0 aliphatic heterocycles. The van der Waals surface area contributed by atoms with Crippen LogP contribution in [0.2, 0.25) is 0 Å². The van der Waals surface area contributed by atoms with E-state index in [1.165, 1.54) is 103 Å². The number of unbranched alkanes of at least 4 members (excludes halogenated alkanes) is 23. The third-order valence-electron chi connectivity index (χ3n) is 10.9. The van der Waals surface area contributed by atoms with Crippen LogP contribution < -0.4 is 0 Å². The number of hydrogen-bond donors (Lipinski definition) is 3. The zero-order valence-electron chi connectivity index (χ0n) is 34.3. The van der Waals surface area contributed by atoms with E-state index in [1.54, 1.807) is 12.2 Å². The van der Waals surface area contributed by atoms with Crippen molar-refractivity contribution in [2.75, 3.05) is 13.2 Å². The molecule has 0 saturated heterocycles. The summed E-state index contributed by atoms with van der Waals surface area (Å²) in [6.45, 7) is 4.03. The maximum absolute atomic E-state index is 12.4. The second-order valence-electron chi connectivity index (χ2n) is 16.0. The molecule has 1 rings (SSSR count). The van der Waals surface area contributed by atoms with Gasteiger partial charge < -0.3 is 24.8 Å². The van der Waals surface area contributed by atoms with Gasteiger partial charge in [-0.25, -0.2) is 0 Å². The molecule has 1 fully saturated rings. The average Bonchev–Trinajstić information content (AvgIpc) is 3.41. The second-order valence-corrected chi connectivity index (χ2v) is 16.0. The molecule has 1 aliphatic rings. The lowest BCUT2D eigenvalue weighted by Crippen LogP contribution is -2.25. The Kier molecular flexibility index (Phi) is 32.2. The minimum absolute atomic E-state index is 0.0371. The SMILES string of the molecule is CCCCCCCCCCCCCCCCCCCCCC(=O)OC[C@H](O)COC(=O)CCCCCC[C@H]1[C@@H](O)CC(=O)[C@@H]1/C=C/[C@@H](O)CCCCC. The molecule has 3 N–H and O–H groups in total. The fourth-order valence-electron chi connectivity index (χ4n) is 7.46. The Balaban J connectivity index is 1.95. The molecule has 0 bridgehead atoms. The van der Waals surface area contributed by atoms with Crippen molar-refractivity contribution in [3.8, 4) is 0 Å². The maximum Gasteiger partial charge on any atom is 0.305 e. The summed E-state index contributed by atoms with van der Waals surface area (Å²) in [7, 11) is 0. The van der Waals surface area contributed by atoms with Gasteiger partial charge >= 0.3 is 11.9 Å². The Bertz CT molecular complexity index is 920. The smallest absolute Gasteiger partial charge is 0.305 e. The fourth-order valence-corrected chi connectivity index (χ4v) is 7.46. The number of carbonyl (C=O) groups is 3. The van der Waals surface area contributed by atoms with Crippen LogP contribution in [0.15, 0.2) is 12.2 Å². The largest absolute Gasteiger partial charge is 0.463 e. The van der Waals surface area contributed by atoms with Crippen LogP contribution in [-0.4, -0.2) is 64.6 Å². The van der Waals surface area contributed by atoms with E-state index in [0.29, 0.717) is 19.3 Å². The molecule has 0 heterocycles. The first-order chi connectivity index (χ1) is 25.8. The topological polar surface area (TPSA) is 130 Å². The number of esters is 2. The summed E-state index contributed by atoms with van der Waals surface area (Å²) in [5, 5.41) is 30.7. The Morgan fingerprint density at radius 2 is 1.02 bits per heavy atom. The minimum atomic E-state index is -1.03. The number of ketones is 1. The van der Waals surface area contributed by atoms with Crippen LogP contribution in [-0.2, 0) is 23.9 Å². The minimum Gasteiger partial charge on any atom is -0.463 e. The molecule has 0 amide bonds. The predicted molar refractivity (Wildman–Crippen MR) is 216 cm³/mol. The first-order valence-electron chi connectivity index (χ1n) is 22.3. The van der Waals surface area contributed by atoms with E-state index in [9.17, 15) is 29.7 Å². The molecule has 0 unspecified atom stereocenters. The summed E-state index contributed by atoms with van der Waals surface area (Å²) in [5.74, 6) is -1.14. The van der Waals surface area contributed by atoms with E-state index >= 15 is 0 Å². The predicted octanol–water partition coefficient (Wildman–Crippen LogP) is 10.7. The Labute approximate surface area is 324 Å². The van der Waals surface area contributed by atoms with Gasteiger partial charge in [-0.1, -0.05) is 180 Å².